The predicted octanol–water partition coefficient (Wildman–Crippen LogP) is 2.55. The number of benzene rings is 1. The fraction of sp³-hybridized carbons (Fsp3) is 0.500. The summed E-state index contributed by atoms with van der Waals surface area (Å²) in [6.45, 7) is 2.62. The van der Waals surface area contributed by atoms with Crippen molar-refractivity contribution in [3.63, 3.8) is 0 Å². The van der Waals surface area contributed by atoms with Crippen molar-refractivity contribution < 1.29 is 8.42 Å². The summed E-state index contributed by atoms with van der Waals surface area (Å²) in [6, 6.07) is 6.21. The first-order valence-electron chi connectivity index (χ1n) is 5.91. The van der Waals surface area contributed by atoms with Crippen LogP contribution in [0.15, 0.2) is 29.2 Å². The average molecular weight is 293 g/mol. The number of anilines is 1. The van der Waals surface area contributed by atoms with Gasteiger partial charge in [-0.1, -0.05) is 26.2 Å². The smallest absolute Gasteiger partial charge is 0.240 e. The minimum Gasteiger partial charge on any atom is -0.399 e. The molecular weight excluding hydrogens is 272 g/mol. The predicted molar refractivity (Wildman–Crippen MR) is 77.4 cm³/mol. The Morgan fingerprint density at radius 3 is 2.28 bits per heavy atom. The zero-order chi connectivity index (χ0) is 12.7. The van der Waals surface area contributed by atoms with Crippen molar-refractivity contribution in [3.8, 4) is 0 Å². The molecule has 0 aliphatic rings. The molecule has 0 amide bonds. The van der Waals surface area contributed by atoms with Crippen LogP contribution in [0.3, 0.4) is 0 Å². The largest absolute Gasteiger partial charge is 0.399 e. The first-order chi connectivity index (χ1) is 8.06. The normalized spacial score (nSPS) is 10.9. The van der Waals surface area contributed by atoms with Crippen LogP contribution >= 0.6 is 12.4 Å². The second-order valence-electron chi connectivity index (χ2n) is 4.03. The highest BCUT2D eigenvalue weighted by atomic mass is 35.5. The van der Waals surface area contributed by atoms with Gasteiger partial charge in [-0.15, -0.1) is 12.4 Å². The van der Waals surface area contributed by atoms with Crippen molar-refractivity contribution in [2.75, 3.05) is 12.3 Å². The molecule has 6 heteroatoms. The van der Waals surface area contributed by atoms with E-state index in [1.165, 1.54) is 12.1 Å². The molecule has 0 spiro atoms. The molecule has 1 aromatic carbocycles. The Hall–Kier alpha value is -0.780. The Balaban J connectivity index is 0.00000289. The van der Waals surface area contributed by atoms with Crippen molar-refractivity contribution in [1.82, 2.24) is 4.72 Å². The Bertz CT molecular complexity index is 432. The Kier molecular flexibility index (Phi) is 7.98. The monoisotopic (exact) mass is 292 g/mol. The quantitative estimate of drug-likeness (QED) is 0.599. The fourth-order valence-electron chi connectivity index (χ4n) is 1.49. The van der Waals surface area contributed by atoms with Gasteiger partial charge in [-0.25, -0.2) is 13.1 Å². The van der Waals surface area contributed by atoms with E-state index in [-0.39, 0.29) is 17.3 Å². The second kappa shape index (κ2) is 8.34. The molecule has 0 radical (unpaired) electrons. The molecule has 0 saturated heterocycles. The number of unbranched alkanes of at least 4 members (excludes halogenated alkanes) is 3. The molecule has 0 atom stereocenters. The van der Waals surface area contributed by atoms with Gasteiger partial charge in [0.15, 0.2) is 0 Å². The number of nitrogens with one attached hydrogen (secondary N) is 1. The minimum absolute atomic E-state index is 0. The molecule has 0 heterocycles. The lowest BCUT2D eigenvalue weighted by Gasteiger charge is -2.06. The van der Waals surface area contributed by atoms with Crippen LogP contribution in [0.1, 0.15) is 32.6 Å². The van der Waals surface area contributed by atoms with Crippen molar-refractivity contribution >= 4 is 28.1 Å². The molecule has 0 aliphatic carbocycles. The molecular formula is C12H21ClN2O2S. The van der Waals surface area contributed by atoms with Gasteiger partial charge in [-0.3, -0.25) is 0 Å². The SMILES string of the molecule is CCCCCCNS(=O)(=O)c1ccc(N)cc1.Cl. The van der Waals surface area contributed by atoms with Crippen LogP contribution in [0.2, 0.25) is 0 Å². The third-order valence-corrected chi connectivity index (χ3v) is 3.99. The van der Waals surface area contributed by atoms with Gasteiger partial charge in [0.25, 0.3) is 0 Å². The highest BCUT2D eigenvalue weighted by Gasteiger charge is 2.12. The number of hydrogen-bond acceptors (Lipinski definition) is 3. The standard InChI is InChI=1S/C12H20N2O2S.ClH/c1-2-3-4-5-10-14-17(15,16)12-8-6-11(13)7-9-12;/h6-9,14H,2-5,10,13H2,1H3;1H. The van der Waals surface area contributed by atoms with Gasteiger partial charge in [0.05, 0.1) is 4.90 Å². The van der Waals surface area contributed by atoms with E-state index in [9.17, 15) is 8.42 Å². The summed E-state index contributed by atoms with van der Waals surface area (Å²) in [6.07, 6.45) is 4.22. The summed E-state index contributed by atoms with van der Waals surface area (Å²) in [7, 11) is -3.37. The first kappa shape index (κ1) is 17.2. The van der Waals surface area contributed by atoms with Gasteiger partial charge in [0, 0.05) is 12.2 Å². The molecule has 0 aromatic heterocycles. The molecule has 3 N–H and O–H groups in total. The van der Waals surface area contributed by atoms with E-state index in [0.29, 0.717) is 12.2 Å². The summed E-state index contributed by atoms with van der Waals surface area (Å²) in [5.41, 5.74) is 6.07. The molecule has 0 saturated carbocycles. The molecule has 4 nitrogen and oxygen atoms in total. The van der Waals surface area contributed by atoms with Gasteiger partial charge in [0.1, 0.15) is 0 Å². The zero-order valence-corrected chi connectivity index (χ0v) is 12.2. The number of hydrogen-bond donors (Lipinski definition) is 2. The van der Waals surface area contributed by atoms with E-state index in [4.69, 9.17) is 5.73 Å². The molecule has 18 heavy (non-hydrogen) atoms. The van der Waals surface area contributed by atoms with Crippen LogP contribution in [-0.2, 0) is 10.0 Å². The maximum absolute atomic E-state index is 11.8. The van der Waals surface area contributed by atoms with E-state index in [1.807, 2.05) is 0 Å². The molecule has 104 valence electrons. The Labute approximate surface area is 115 Å². The third-order valence-electron chi connectivity index (χ3n) is 2.51. The van der Waals surface area contributed by atoms with Gasteiger partial charge >= 0.3 is 0 Å². The summed E-state index contributed by atoms with van der Waals surface area (Å²) in [4.78, 5) is 0.266. The highest BCUT2D eigenvalue weighted by Crippen LogP contribution is 2.11. The van der Waals surface area contributed by atoms with Crippen LogP contribution in [0.25, 0.3) is 0 Å². The molecule has 0 bridgehead atoms. The lowest BCUT2D eigenvalue weighted by Crippen LogP contribution is -2.24. The molecule has 0 unspecified atom stereocenters. The number of sulfonamides is 1. The maximum Gasteiger partial charge on any atom is 0.240 e. The van der Waals surface area contributed by atoms with Crippen molar-refractivity contribution in [1.29, 1.82) is 0 Å². The van der Waals surface area contributed by atoms with E-state index in [2.05, 4.69) is 11.6 Å². The maximum atomic E-state index is 11.8. The van der Waals surface area contributed by atoms with E-state index < -0.39 is 10.0 Å². The Morgan fingerprint density at radius 1 is 1.11 bits per heavy atom. The zero-order valence-electron chi connectivity index (χ0n) is 10.6. The van der Waals surface area contributed by atoms with Gasteiger partial charge in [-0.2, -0.15) is 0 Å². The van der Waals surface area contributed by atoms with Gasteiger partial charge in [0.2, 0.25) is 10.0 Å². The molecule has 1 aromatic rings. The number of nitrogens with two attached hydrogens (primary N) is 1. The lowest BCUT2D eigenvalue weighted by molar-refractivity contribution is 0.573. The average Bonchev–Trinajstić information content (AvgIpc) is 2.29. The molecule has 0 fully saturated rings. The van der Waals surface area contributed by atoms with Crippen molar-refractivity contribution in [2.24, 2.45) is 0 Å². The summed E-state index contributed by atoms with van der Waals surface area (Å²) < 4.78 is 26.2. The van der Waals surface area contributed by atoms with Crippen LogP contribution in [0.5, 0.6) is 0 Å². The van der Waals surface area contributed by atoms with Crippen LogP contribution < -0.4 is 10.5 Å². The van der Waals surface area contributed by atoms with E-state index in [1.54, 1.807) is 12.1 Å². The summed E-state index contributed by atoms with van der Waals surface area (Å²) >= 11 is 0. The first-order valence-corrected chi connectivity index (χ1v) is 7.40. The second-order valence-corrected chi connectivity index (χ2v) is 5.79. The van der Waals surface area contributed by atoms with Crippen molar-refractivity contribution in [3.05, 3.63) is 24.3 Å². The number of rotatable bonds is 7. The highest BCUT2D eigenvalue weighted by molar-refractivity contribution is 7.89. The topological polar surface area (TPSA) is 72.2 Å². The van der Waals surface area contributed by atoms with E-state index >= 15 is 0 Å². The third kappa shape index (κ3) is 5.71. The number of halogens is 1. The summed E-state index contributed by atoms with van der Waals surface area (Å²) in [5, 5.41) is 0. The van der Waals surface area contributed by atoms with Crippen LogP contribution in [0.4, 0.5) is 5.69 Å². The summed E-state index contributed by atoms with van der Waals surface area (Å²) in [5.74, 6) is 0. The molecule has 1 rings (SSSR count). The lowest BCUT2D eigenvalue weighted by atomic mass is 10.2. The van der Waals surface area contributed by atoms with Crippen LogP contribution in [0, 0.1) is 0 Å². The fourth-order valence-corrected chi connectivity index (χ4v) is 2.56. The van der Waals surface area contributed by atoms with Crippen molar-refractivity contribution in [2.45, 2.75) is 37.5 Å². The number of nitrogen functional groups attached to an aromatic ring is 1. The van der Waals surface area contributed by atoms with Crippen LogP contribution in [-0.4, -0.2) is 15.0 Å². The van der Waals surface area contributed by atoms with Gasteiger partial charge < -0.3 is 5.73 Å². The Morgan fingerprint density at radius 2 is 1.72 bits per heavy atom. The minimum atomic E-state index is -3.37. The van der Waals surface area contributed by atoms with Gasteiger partial charge in [-0.05, 0) is 30.7 Å². The van der Waals surface area contributed by atoms with E-state index in [0.717, 1.165) is 25.7 Å². The molecule has 0 aliphatic heterocycles.